The van der Waals surface area contributed by atoms with Gasteiger partial charge in [-0.3, -0.25) is 9.59 Å². The van der Waals surface area contributed by atoms with Gasteiger partial charge in [0.05, 0.1) is 6.54 Å². The van der Waals surface area contributed by atoms with Gasteiger partial charge in [0.2, 0.25) is 11.8 Å². The summed E-state index contributed by atoms with van der Waals surface area (Å²) in [4.78, 5) is 27.8. The van der Waals surface area contributed by atoms with Crippen LogP contribution in [0.5, 0.6) is 0 Å². The largest absolute Gasteiger partial charge is 0.360 e. The van der Waals surface area contributed by atoms with Crippen LogP contribution < -0.4 is 15.5 Å². The Morgan fingerprint density at radius 1 is 0.968 bits per heavy atom. The van der Waals surface area contributed by atoms with E-state index in [2.05, 4.69) is 15.5 Å². The van der Waals surface area contributed by atoms with Gasteiger partial charge in [0.1, 0.15) is 5.25 Å². The van der Waals surface area contributed by atoms with E-state index in [-0.39, 0.29) is 17.1 Å². The molecule has 5 nitrogen and oxygen atoms in total. The summed E-state index contributed by atoms with van der Waals surface area (Å²) in [5.74, 6) is 0.0299. The Morgan fingerprint density at radius 2 is 1.65 bits per heavy atom. The van der Waals surface area contributed by atoms with Crippen molar-refractivity contribution in [3.8, 4) is 0 Å². The smallest absolute Gasteiger partial charge is 0.239 e. The minimum Gasteiger partial charge on any atom is -0.360 e. The molecule has 1 fully saturated rings. The molecule has 0 radical (unpaired) electrons. The number of amides is 2. The molecule has 158 valence electrons. The quantitative estimate of drug-likeness (QED) is 0.559. The number of piperazine rings is 1. The Balaban J connectivity index is 1.41. The van der Waals surface area contributed by atoms with Gasteiger partial charge in [-0.2, -0.15) is 0 Å². The molecule has 0 aliphatic carbocycles. The van der Waals surface area contributed by atoms with Gasteiger partial charge in [0.25, 0.3) is 0 Å². The first-order valence-electron chi connectivity index (χ1n) is 10.3. The molecule has 3 aromatic carbocycles. The number of nitrogens with zero attached hydrogens (tertiary/aromatic N) is 1. The fourth-order valence-electron chi connectivity index (χ4n) is 3.50. The van der Waals surface area contributed by atoms with Crippen LogP contribution in [0.2, 0.25) is 0 Å². The molecule has 0 spiro atoms. The van der Waals surface area contributed by atoms with E-state index in [9.17, 15) is 9.59 Å². The van der Waals surface area contributed by atoms with Gasteiger partial charge in [-0.1, -0.05) is 60.7 Å². The van der Waals surface area contributed by atoms with Crippen molar-refractivity contribution in [1.82, 2.24) is 10.6 Å². The molecule has 0 bridgehead atoms. The fourth-order valence-corrected chi connectivity index (χ4v) is 4.57. The van der Waals surface area contributed by atoms with Crippen molar-refractivity contribution in [2.75, 3.05) is 24.5 Å². The number of benzene rings is 3. The average molecular weight is 432 g/mol. The third-order valence-corrected chi connectivity index (χ3v) is 6.41. The number of carbonyl (C=O) groups excluding carboxylic acids is 2. The number of hydrogen-bond acceptors (Lipinski definition) is 4. The highest BCUT2D eigenvalue weighted by atomic mass is 32.2. The molecule has 2 amide bonds. The van der Waals surface area contributed by atoms with E-state index in [1.54, 1.807) is 11.8 Å². The van der Waals surface area contributed by atoms with Gasteiger partial charge in [-0.25, -0.2) is 0 Å². The monoisotopic (exact) mass is 431 g/mol. The summed E-state index contributed by atoms with van der Waals surface area (Å²) in [6.07, 6.45) is 0. The van der Waals surface area contributed by atoms with Crippen molar-refractivity contribution in [3.63, 3.8) is 0 Å². The molecule has 1 saturated heterocycles. The van der Waals surface area contributed by atoms with Crippen LogP contribution in [-0.4, -0.2) is 31.4 Å². The average Bonchev–Trinajstić information content (AvgIpc) is 2.82. The molecule has 1 aliphatic heterocycles. The second-order valence-electron chi connectivity index (χ2n) is 7.38. The predicted molar refractivity (Wildman–Crippen MR) is 125 cm³/mol. The van der Waals surface area contributed by atoms with Crippen molar-refractivity contribution < 1.29 is 9.59 Å². The molecule has 4 rings (SSSR count). The Kier molecular flexibility index (Phi) is 6.89. The third-order valence-electron chi connectivity index (χ3n) is 5.14. The highest BCUT2D eigenvalue weighted by Crippen LogP contribution is 2.35. The molecule has 31 heavy (non-hydrogen) atoms. The molecule has 6 heteroatoms. The van der Waals surface area contributed by atoms with Crippen molar-refractivity contribution in [2.24, 2.45) is 0 Å². The maximum atomic E-state index is 13.1. The van der Waals surface area contributed by atoms with Crippen molar-refractivity contribution in [2.45, 2.75) is 16.7 Å². The third kappa shape index (κ3) is 5.67. The van der Waals surface area contributed by atoms with Gasteiger partial charge in [-0.05, 0) is 35.4 Å². The Labute approximate surface area is 186 Å². The Hall–Kier alpha value is -3.25. The number of hydrogen-bond donors (Lipinski definition) is 2. The molecule has 1 aliphatic rings. The van der Waals surface area contributed by atoms with Gasteiger partial charge in [0.15, 0.2) is 0 Å². The molecule has 2 N–H and O–H groups in total. The first-order valence-corrected chi connectivity index (χ1v) is 11.2. The standard InChI is InChI=1S/C25H25N3O2S/c29-23-18-28(16-15-26-23)21-13-11-19(12-14-21)17-27-25(30)24(20-7-3-1-4-8-20)31-22-9-5-2-6-10-22/h1-14,24H,15-18H2,(H,26,29)(H,27,30). The van der Waals surface area contributed by atoms with Crippen LogP contribution in [0.1, 0.15) is 16.4 Å². The van der Waals surface area contributed by atoms with Gasteiger partial charge in [0, 0.05) is 30.2 Å². The Bertz CT molecular complexity index is 1010. The summed E-state index contributed by atoms with van der Waals surface area (Å²) in [7, 11) is 0. The minimum absolute atomic E-state index is 0.0168. The van der Waals surface area contributed by atoms with Crippen LogP contribution in [0.3, 0.4) is 0 Å². The van der Waals surface area contributed by atoms with Crippen LogP contribution in [0.25, 0.3) is 0 Å². The molecule has 3 aromatic rings. The lowest BCUT2D eigenvalue weighted by molar-refractivity contribution is -0.121. The zero-order valence-corrected chi connectivity index (χ0v) is 18.0. The lowest BCUT2D eigenvalue weighted by Crippen LogP contribution is -2.47. The minimum atomic E-state index is -0.324. The summed E-state index contributed by atoms with van der Waals surface area (Å²) in [6, 6.07) is 27.9. The SMILES string of the molecule is O=C1CN(c2ccc(CNC(=O)C(Sc3ccccc3)c3ccccc3)cc2)CCN1. The normalized spacial score (nSPS) is 14.6. The molecular weight excluding hydrogens is 406 g/mol. The van der Waals surface area contributed by atoms with E-state index in [1.165, 1.54) is 0 Å². The summed E-state index contributed by atoms with van der Waals surface area (Å²) < 4.78 is 0. The zero-order chi connectivity index (χ0) is 21.5. The van der Waals surface area contributed by atoms with E-state index in [0.29, 0.717) is 19.6 Å². The molecule has 1 atom stereocenters. The Morgan fingerprint density at radius 3 is 2.32 bits per heavy atom. The predicted octanol–water partition coefficient (Wildman–Crippen LogP) is 3.77. The molecule has 1 unspecified atom stereocenters. The van der Waals surface area contributed by atoms with Crippen LogP contribution in [-0.2, 0) is 16.1 Å². The van der Waals surface area contributed by atoms with Crippen LogP contribution in [0, 0.1) is 0 Å². The summed E-state index contributed by atoms with van der Waals surface area (Å²) >= 11 is 1.55. The van der Waals surface area contributed by atoms with Crippen LogP contribution in [0.4, 0.5) is 5.69 Å². The second kappa shape index (κ2) is 10.2. The zero-order valence-electron chi connectivity index (χ0n) is 17.2. The lowest BCUT2D eigenvalue weighted by Gasteiger charge is -2.28. The highest BCUT2D eigenvalue weighted by molar-refractivity contribution is 8.00. The number of rotatable bonds is 7. The summed E-state index contributed by atoms with van der Waals surface area (Å²) in [6.45, 7) is 2.30. The van der Waals surface area contributed by atoms with E-state index < -0.39 is 0 Å². The van der Waals surface area contributed by atoms with Gasteiger partial charge < -0.3 is 15.5 Å². The highest BCUT2D eigenvalue weighted by Gasteiger charge is 2.22. The van der Waals surface area contributed by atoms with Gasteiger partial charge in [-0.15, -0.1) is 11.8 Å². The van der Waals surface area contributed by atoms with Crippen LogP contribution >= 0.6 is 11.8 Å². The van der Waals surface area contributed by atoms with E-state index >= 15 is 0 Å². The van der Waals surface area contributed by atoms with Crippen LogP contribution in [0.15, 0.2) is 89.8 Å². The van der Waals surface area contributed by atoms with Crippen molar-refractivity contribution in [1.29, 1.82) is 0 Å². The molecular formula is C25H25N3O2S. The fraction of sp³-hybridized carbons (Fsp3) is 0.200. The van der Waals surface area contributed by atoms with Gasteiger partial charge >= 0.3 is 0 Å². The molecule has 1 heterocycles. The first kappa shape index (κ1) is 21.0. The number of anilines is 1. The van der Waals surface area contributed by atoms with E-state index in [4.69, 9.17) is 0 Å². The number of carbonyl (C=O) groups is 2. The summed E-state index contributed by atoms with van der Waals surface area (Å²) in [5.41, 5.74) is 3.02. The van der Waals surface area contributed by atoms with E-state index in [1.807, 2.05) is 84.9 Å². The summed E-state index contributed by atoms with van der Waals surface area (Å²) in [5, 5.41) is 5.60. The second-order valence-corrected chi connectivity index (χ2v) is 8.56. The maximum absolute atomic E-state index is 13.1. The lowest BCUT2D eigenvalue weighted by atomic mass is 10.1. The topological polar surface area (TPSA) is 61.4 Å². The number of thioether (sulfide) groups is 1. The molecule has 0 aromatic heterocycles. The first-order chi connectivity index (χ1) is 15.2. The van der Waals surface area contributed by atoms with E-state index in [0.717, 1.165) is 28.3 Å². The molecule has 0 saturated carbocycles. The maximum Gasteiger partial charge on any atom is 0.239 e. The van der Waals surface area contributed by atoms with Crippen molar-refractivity contribution >= 4 is 29.3 Å². The number of nitrogens with one attached hydrogen (secondary N) is 2. The van der Waals surface area contributed by atoms with Crippen molar-refractivity contribution in [3.05, 3.63) is 96.1 Å².